The Morgan fingerprint density at radius 3 is 2.06 bits per heavy atom. The molecule has 0 aromatic heterocycles. The highest BCUT2D eigenvalue weighted by molar-refractivity contribution is 9.11. The minimum Gasteiger partial charge on any atom is -0.494 e. The summed E-state index contributed by atoms with van der Waals surface area (Å²) in [6.45, 7) is 0. The summed E-state index contributed by atoms with van der Waals surface area (Å²) in [7, 11) is 4.29. The zero-order valence-corrected chi connectivity index (χ0v) is 13.3. The number of carbonyl (C=O) groups is 1. The summed E-state index contributed by atoms with van der Waals surface area (Å²) in [5, 5.41) is 0. The Morgan fingerprint density at radius 1 is 1.11 bits per heavy atom. The summed E-state index contributed by atoms with van der Waals surface area (Å²) in [4.78, 5) is 11.4. The molecular formula is C12H12Br2O4. The summed E-state index contributed by atoms with van der Waals surface area (Å²) in [6.07, 6.45) is 1.58. The highest BCUT2D eigenvalue weighted by Crippen LogP contribution is 2.35. The maximum Gasteiger partial charge on any atom is 0.373 e. The van der Waals surface area contributed by atoms with Crippen molar-refractivity contribution < 1.29 is 19.0 Å². The van der Waals surface area contributed by atoms with Gasteiger partial charge in [0.2, 0.25) is 5.76 Å². The van der Waals surface area contributed by atoms with E-state index in [9.17, 15) is 4.79 Å². The molecule has 1 rings (SSSR count). The van der Waals surface area contributed by atoms with Crippen LogP contribution < -0.4 is 4.74 Å². The van der Waals surface area contributed by atoms with E-state index in [0.717, 1.165) is 14.5 Å². The molecule has 1 aromatic rings. The van der Waals surface area contributed by atoms with E-state index in [1.54, 1.807) is 13.2 Å². The number of hydrogen-bond acceptors (Lipinski definition) is 4. The quantitative estimate of drug-likeness (QED) is 0.457. The van der Waals surface area contributed by atoms with Crippen molar-refractivity contribution >= 4 is 43.9 Å². The Hall–Kier alpha value is -1.01. The fraction of sp³-hybridized carbons (Fsp3) is 0.250. The molecule has 0 N–H and O–H groups in total. The minimum atomic E-state index is -0.527. The predicted octanol–water partition coefficient (Wildman–Crippen LogP) is 3.38. The maximum absolute atomic E-state index is 11.4. The molecular weight excluding hydrogens is 368 g/mol. The van der Waals surface area contributed by atoms with Gasteiger partial charge in [0, 0.05) is 0 Å². The van der Waals surface area contributed by atoms with Crippen molar-refractivity contribution in [3.63, 3.8) is 0 Å². The molecule has 0 saturated carbocycles. The summed E-state index contributed by atoms with van der Waals surface area (Å²) >= 11 is 6.77. The highest BCUT2D eigenvalue weighted by Gasteiger charge is 2.12. The van der Waals surface area contributed by atoms with Crippen LogP contribution >= 0.6 is 31.9 Å². The lowest BCUT2D eigenvalue weighted by molar-refractivity contribution is -0.139. The molecule has 4 nitrogen and oxygen atoms in total. The average Bonchev–Trinajstić information content (AvgIpc) is 2.34. The van der Waals surface area contributed by atoms with E-state index in [1.807, 2.05) is 12.1 Å². The lowest BCUT2D eigenvalue weighted by atomic mass is 10.2. The van der Waals surface area contributed by atoms with Crippen LogP contribution in [0.2, 0.25) is 0 Å². The molecule has 18 heavy (non-hydrogen) atoms. The van der Waals surface area contributed by atoms with E-state index in [1.165, 1.54) is 14.2 Å². The molecule has 0 aliphatic heterocycles. The van der Waals surface area contributed by atoms with Crippen molar-refractivity contribution in [3.8, 4) is 5.75 Å². The zero-order chi connectivity index (χ0) is 13.7. The van der Waals surface area contributed by atoms with Crippen molar-refractivity contribution in [3.05, 3.63) is 32.4 Å². The molecule has 0 unspecified atom stereocenters. The van der Waals surface area contributed by atoms with Crippen LogP contribution in [0.25, 0.3) is 6.08 Å². The maximum atomic E-state index is 11.4. The molecule has 98 valence electrons. The first-order chi connectivity index (χ1) is 8.53. The monoisotopic (exact) mass is 378 g/mol. The zero-order valence-electron chi connectivity index (χ0n) is 10.1. The summed E-state index contributed by atoms with van der Waals surface area (Å²) in [5.41, 5.74) is 0.775. The molecule has 0 aliphatic carbocycles. The second kappa shape index (κ2) is 6.80. The van der Waals surface area contributed by atoms with Gasteiger partial charge in [0.1, 0.15) is 5.75 Å². The van der Waals surface area contributed by atoms with Crippen LogP contribution in [0.3, 0.4) is 0 Å². The van der Waals surface area contributed by atoms with Gasteiger partial charge in [0.25, 0.3) is 0 Å². The molecule has 6 heteroatoms. The van der Waals surface area contributed by atoms with Crippen LogP contribution in [0, 0.1) is 0 Å². The fourth-order valence-corrected chi connectivity index (χ4v) is 2.86. The number of halogens is 2. The summed E-state index contributed by atoms with van der Waals surface area (Å²) < 4.78 is 16.3. The normalized spacial score (nSPS) is 11.1. The van der Waals surface area contributed by atoms with Gasteiger partial charge in [-0.05, 0) is 55.6 Å². The van der Waals surface area contributed by atoms with Crippen LogP contribution in [0.1, 0.15) is 5.56 Å². The lowest BCUT2D eigenvalue weighted by Gasteiger charge is -2.08. The van der Waals surface area contributed by atoms with Gasteiger partial charge in [-0.15, -0.1) is 0 Å². The Balaban J connectivity index is 3.18. The van der Waals surface area contributed by atoms with Crippen molar-refractivity contribution in [2.45, 2.75) is 0 Å². The number of methoxy groups -OCH3 is 3. The molecule has 0 bridgehead atoms. The number of ether oxygens (including phenoxy) is 3. The Labute approximate surface area is 122 Å². The number of rotatable bonds is 4. The minimum absolute atomic E-state index is 0.126. The van der Waals surface area contributed by atoms with Gasteiger partial charge >= 0.3 is 5.97 Å². The molecule has 0 heterocycles. The van der Waals surface area contributed by atoms with Crippen molar-refractivity contribution in [1.29, 1.82) is 0 Å². The molecule has 0 saturated heterocycles. The molecule has 0 fully saturated rings. The van der Waals surface area contributed by atoms with Gasteiger partial charge < -0.3 is 14.2 Å². The van der Waals surface area contributed by atoms with Crippen molar-refractivity contribution in [1.82, 2.24) is 0 Å². The SMILES string of the molecule is COC(=O)C(=Cc1cc(Br)c(OC)c(Br)c1)OC. The van der Waals surface area contributed by atoms with Gasteiger partial charge in [0.05, 0.1) is 30.3 Å². The first-order valence-electron chi connectivity index (χ1n) is 4.90. The number of benzene rings is 1. The fourth-order valence-electron chi connectivity index (χ4n) is 1.31. The summed E-state index contributed by atoms with van der Waals surface area (Å²) in [5.74, 6) is 0.284. The second-order valence-corrected chi connectivity index (χ2v) is 4.93. The lowest BCUT2D eigenvalue weighted by Crippen LogP contribution is -2.06. The topological polar surface area (TPSA) is 44.8 Å². The van der Waals surface area contributed by atoms with Crippen molar-refractivity contribution in [2.75, 3.05) is 21.3 Å². The molecule has 0 spiro atoms. The molecule has 0 atom stereocenters. The summed E-state index contributed by atoms with van der Waals surface area (Å²) in [6, 6.07) is 3.62. The Kier molecular flexibility index (Phi) is 5.68. The van der Waals surface area contributed by atoms with Gasteiger partial charge in [-0.3, -0.25) is 0 Å². The van der Waals surface area contributed by atoms with Crippen LogP contribution in [0.4, 0.5) is 0 Å². The Bertz CT molecular complexity index is 460. The smallest absolute Gasteiger partial charge is 0.373 e. The molecule has 0 radical (unpaired) electrons. The van der Waals surface area contributed by atoms with Crippen LogP contribution in [-0.4, -0.2) is 27.3 Å². The van der Waals surface area contributed by atoms with E-state index in [2.05, 4.69) is 36.6 Å². The largest absolute Gasteiger partial charge is 0.494 e. The van der Waals surface area contributed by atoms with Gasteiger partial charge in [0.15, 0.2) is 0 Å². The van der Waals surface area contributed by atoms with Gasteiger partial charge in [-0.2, -0.15) is 0 Å². The van der Waals surface area contributed by atoms with E-state index in [-0.39, 0.29) is 5.76 Å². The third-order valence-corrected chi connectivity index (χ3v) is 3.31. The Morgan fingerprint density at radius 2 is 1.67 bits per heavy atom. The first kappa shape index (κ1) is 15.0. The number of carbonyl (C=O) groups excluding carboxylic acids is 1. The van der Waals surface area contributed by atoms with Gasteiger partial charge in [-0.25, -0.2) is 4.79 Å². The van der Waals surface area contributed by atoms with E-state index in [0.29, 0.717) is 5.75 Å². The first-order valence-corrected chi connectivity index (χ1v) is 6.49. The standard InChI is InChI=1S/C12H12Br2O4/c1-16-10(12(15)18-3)6-7-4-8(13)11(17-2)9(14)5-7/h4-6H,1-3H3. The van der Waals surface area contributed by atoms with Crippen LogP contribution in [0.15, 0.2) is 26.8 Å². The third kappa shape index (κ3) is 3.49. The number of hydrogen-bond donors (Lipinski definition) is 0. The van der Waals surface area contributed by atoms with Crippen LogP contribution in [-0.2, 0) is 14.3 Å². The predicted molar refractivity (Wildman–Crippen MR) is 75.4 cm³/mol. The molecule has 1 aromatic carbocycles. The molecule has 0 aliphatic rings. The number of esters is 1. The van der Waals surface area contributed by atoms with E-state index < -0.39 is 5.97 Å². The van der Waals surface area contributed by atoms with Crippen molar-refractivity contribution in [2.24, 2.45) is 0 Å². The average molecular weight is 380 g/mol. The second-order valence-electron chi connectivity index (χ2n) is 3.22. The third-order valence-electron chi connectivity index (χ3n) is 2.13. The highest BCUT2D eigenvalue weighted by atomic mass is 79.9. The van der Waals surface area contributed by atoms with Crippen LogP contribution in [0.5, 0.6) is 5.75 Å². The van der Waals surface area contributed by atoms with E-state index >= 15 is 0 Å². The van der Waals surface area contributed by atoms with Gasteiger partial charge in [-0.1, -0.05) is 0 Å². The van der Waals surface area contributed by atoms with E-state index in [4.69, 9.17) is 9.47 Å². The molecule has 0 amide bonds.